The van der Waals surface area contributed by atoms with Crippen LogP contribution in [0.15, 0.2) is 0 Å². The Morgan fingerprint density at radius 3 is 2.20 bits per heavy atom. The molecule has 0 saturated heterocycles. The Morgan fingerprint density at radius 2 is 1.75 bits per heavy atom. The molecule has 0 bridgehead atoms. The van der Waals surface area contributed by atoms with Gasteiger partial charge in [-0.05, 0) is 52.4 Å². The molecule has 0 unspecified atom stereocenters. The van der Waals surface area contributed by atoms with Crippen LogP contribution in [0.25, 0.3) is 0 Å². The average molecular weight is 285 g/mol. The summed E-state index contributed by atoms with van der Waals surface area (Å²) in [5.74, 6) is 0.779. The van der Waals surface area contributed by atoms with Crippen molar-refractivity contribution in [1.29, 1.82) is 0 Å². The molecule has 0 amide bonds. The van der Waals surface area contributed by atoms with Gasteiger partial charge in [-0.3, -0.25) is 9.69 Å². The second kappa shape index (κ2) is 7.99. The van der Waals surface area contributed by atoms with E-state index in [4.69, 9.17) is 9.47 Å². The summed E-state index contributed by atoms with van der Waals surface area (Å²) in [6.07, 6.45) is 4.19. The van der Waals surface area contributed by atoms with Crippen LogP contribution in [0.3, 0.4) is 0 Å². The first-order chi connectivity index (χ1) is 9.38. The van der Waals surface area contributed by atoms with Gasteiger partial charge in [0.15, 0.2) is 0 Å². The van der Waals surface area contributed by atoms with Crippen LogP contribution < -0.4 is 0 Å². The molecule has 0 heterocycles. The molecule has 0 atom stereocenters. The maximum Gasteiger partial charge on any atom is 0.308 e. The van der Waals surface area contributed by atoms with E-state index >= 15 is 0 Å². The van der Waals surface area contributed by atoms with Crippen molar-refractivity contribution in [2.24, 2.45) is 11.8 Å². The van der Waals surface area contributed by atoms with E-state index in [1.165, 1.54) is 7.11 Å². The molecule has 20 heavy (non-hydrogen) atoms. The molecule has 0 spiro atoms. The maximum absolute atomic E-state index is 11.5. The van der Waals surface area contributed by atoms with E-state index in [2.05, 4.69) is 25.7 Å². The molecule has 0 radical (unpaired) electrons. The molecular formula is C16H31NO3. The summed E-state index contributed by atoms with van der Waals surface area (Å²) >= 11 is 0. The van der Waals surface area contributed by atoms with Gasteiger partial charge < -0.3 is 9.47 Å². The van der Waals surface area contributed by atoms with Crippen LogP contribution in [0, 0.1) is 11.8 Å². The van der Waals surface area contributed by atoms with Crippen molar-refractivity contribution in [3.05, 3.63) is 0 Å². The monoisotopic (exact) mass is 285 g/mol. The molecule has 0 aromatic heterocycles. The van der Waals surface area contributed by atoms with Gasteiger partial charge in [-0.2, -0.15) is 0 Å². The molecule has 0 aliphatic heterocycles. The van der Waals surface area contributed by atoms with Gasteiger partial charge in [-0.25, -0.2) is 0 Å². The van der Waals surface area contributed by atoms with Crippen LogP contribution in [0.5, 0.6) is 0 Å². The Labute approximate surface area is 123 Å². The summed E-state index contributed by atoms with van der Waals surface area (Å²) in [5, 5.41) is 0. The predicted octanol–water partition coefficient (Wildman–Crippen LogP) is 2.71. The second-order valence-corrected chi connectivity index (χ2v) is 6.85. The lowest BCUT2D eigenvalue weighted by atomic mass is 9.81. The number of carbonyl (C=O) groups is 1. The summed E-state index contributed by atoms with van der Waals surface area (Å²) in [6, 6.07) is 0. The van der Waals surface area contributed by atoms with Gasteiger partial charge in [-0.1, -0.05) is 0 Å². The highest BCUT2D eigenvalue weighted by atomic mass is 16.5. The van der Waals surface area contributed by atoms with Crippen LogP contribution in [-0.4, -0.2) is 50.3 Å². The summed E-state index contributed by atoms with van der Waals surface area (Å²) in [5.41, 5.74) is 0.164. The predicted molar refractivity (Wildman–Crippen MR) is 80.7 cm³/mol. The SMILES string of the molecule is COCCN(C[C@H]1CC[C@H](C(=O)OC)CC1)C(C)(C)C. The third-order valence-corrected chi connectivity index (χ3v) is 4.37. The first kappa shape index (κ1) is 17.4. The lowest BCUT2D eigenvalue weighted by Gasteiger charge is -2.39. The van der Waals surface area contributed by atoms with E-state index in [-0.39, 0.29) is 17.4 Å². The normalized spacial score (nSPS) is 23.9. The molecule has 1 rings (SSSR count). The summed E-state index contributed by atoms with van der Waals surface area (Å²) in [7, 11) is 3.24. The zero-order chi connectivity index (χ0) is 15.2. The van der Waals surface area contributed by atoms with Crippen molar-refractivity contribution < 1.29 is 14.3 Å². The molecule has 1 aliphatic carbocycles. The Balaban J connectivity index is 2.45. The summed E-state index contributed by atoms with van der Waals surface area (Å²) in [6.45, 7) is 9.60. The minimum absolute atomic E-state index is 0.0319. The zero-order valence-corrected chi connectivity index (χ0v) is 13.8. The number of rotatable bonds is 6. The number of nitrogens with zero attached hydrogens (tertiary/aromatic N) is 1. The van der Waals surface area contributed by atoms with Gasteiger partial charge in [0.2, 0.25) is 0 Å². The molecule has 1 fully saturated rings. The van der Waals surface area contributed by atoms with E-state index in [0.717, 1.165) is 45.4 Å². The first-order valence-electron chi connectivity index (χ1n) is 7.70. The maximum atomic E-state index is 11.5. The lowest BCUT2D eigenvalue weighted by molar-refractivity contribution is -0.146. The van der Waals surface area contributed by atoms with Crippen molar-refractivity contribution in [3.63, 3.8) is 0 Å². The van der Waals surface area contributed by atoms with Crippen LogP contribution in [0.1, 0.15) is 46.5 Å². The standard InChI is InChI=1S/C16H31NO3/c1-16(2,3)17(10-11-19-4)12-13-6-8-14(9-7-13)15(18)20-5/h13-14H,6-12H2,1-5H3/t13-,14-. The third-order valence-electron chi connectivity index (χ3n) is 4.37. The van der Waals surface area contributed by atoms with Gasteiger partial charge in [0.25, 0.3) is 0 Å². The highest BCUT2D eigenvalue weighted by Crippen LogP contribution is 2.31. The van der Waals surface area contributed by atoms with Gasteiger partial charge in [0.05, 0.1) is 19.6 Å². The molecule has 0 aromatic rings. The van der Waals surface area contributed by atoms with Crippen LogP contribution in [0.4, 0.5) is 0 Å². The number of carbonyl (C=O) groups excluding carboxylic acids is 1. The highest BCUT2D eigenvalue weighted by Gasteiger charge is 2.30. The molecule has 1 saturated carbocycles. The number of methoxy groups -OCH3 is 2. The Hall–Kier alpha value is -0.610. The van der Waals surface area contributed by atoms with Crippen LogP contribution >= 0.6 is 0 Å². The topological polar surface area (TPSA) is 38.8 Å². The van der Waals surface area contributed by atoms with E-state index in [1.54, 1.807) is 7.11 Å². The minimum atomic E-state index is -0.0319. The molecule has 1 aliphatic rings. The van der Waals surface area contributed by atoms with Gasteiger partial charge in [0, 0.05) is 25.7 Å². The first-order valence-corrected chi connectivity index (χ1v) is 7.70. The molecule has 4 nitrogen and oxygen atoms in total. The van der Waals surface area contributed by atoms with Crippen molar-refractivity contribution in [3.8, 4) is 0 Å². The third kappa shape index (κ3) is 5.41. The summed E-state index contributed by atoms with van der Waals surface area (Å²) in [4.78, 5) is 14.0. The zero-order valence-electron chi connectivity index (χ0n) is 13.8. The number of ether oxygens (including phenoxy) is 2. The van der Waals surface area contributed by atoms with Crippen LogP contribution in [0.2, 0.25) is 0 Å². The molecule has 0 N–H and O–H groups in total. The average Bonchev–Trinajstić information content (AvgIpc) is 2.42. The fraction of sp³-hybridized carbons (Fsp3) is 0.938. The lowest BCUT2D eigenvalue weighted by Crippen LogP contribution is -2.46. The van der Waals surface area contributed by atoms with Crippen molar-refractivity contribution >= 4 is 5.97 Å². The van der Waals surface area contributed by atoms with E-state index in [9.17, 15) is 4.79 Å². The summed E-state index contributed by atoms with van der Waals surface area (Å²) < 4.78 is 10.1. The van der Waals surface area contributed by atoms with E-state index < -0.39 is 0 Å². The second-order valence-electron chi connectivity index (χ2n) is 6.85. The fourth-order valence-electron chi connectivity index (χ4n) is 2.96. The number of hydrogen-bond acceptors (Lipinski definition) is 4. The molecule has 118 valence electrons. The van der Waals surface area contributed by atoms with Gasteiger partial charge in [-0.15, -0.1) is 0 Å². The van der Waals surface area contributed by atoms with Crippen molar-refractivity contribution in [2.45, 2.75) is 52.0 Å². The highest BCUT2D eigenvalue weighted by molar-refractivity contribution is 5.72. The van der Waals surface area contributed by atoms with Gasteiger partial charge >= 0.3 is 5.97 Å². The minimum Gasteiger partial charge on any atom is -0.469 e. The Morgan fingerprint density at radius 1 is 1.15 bits per heavy atom. The van der Waals surface area contributed by atoms with Crippen LogP contribution in [-0.2, 0) is 14.3 Å². The molecule has 0 aromatic carbocycles. The fourth-order valence-corrected chi connectivity index (χ4v) is 2.96. The van der Waals surface area contributed by atoms with E-state index in [0.29, 0.717) is 5.92 Å². The van der Waals surface area contributed by atoms with Gasteiger partial charge in [0.1, 0.15) is 0 Å². The molecular weight excluding hydrogens is 254 g/mol. The van der Waals surface area contributed by atoms with Crippen molar-refractivity contribution in [1.82, 2.24) is 4.90 Å². The van der Waals surface area contributed by atoms with Crippen molar-refractivity contribution in [2.75, 3.05) is 33.9 Å². The Kier molecular flexibility index (Phi) is 6.96. The Bertz CT molecular complexity index is 291. The number of hydrogen-bond donors (Lipinski definition) is 0. The van der Waals surface area contributed by atoms with E-state index in [1.807, 2.05) is 0 Å². The molecule has 4 heteroatoms. The quantitative estimate of drug-likeness (QED) is 0.703. The number of esters is 1. The largest absolute Gasteiger partial charge is 0.469 e. The smallest absolute Gasteiger partial charge is 0.308 e.